The van der Waals surface area contributed by atoms with Gasteiger partial charge in [0.1, 0.15) is 12.4 Å². The zero-order valence-corrected chi connectivity index (χ0v) is 24.3. The molecule has 41 heavy (non-hydrogen) atoms. The van der Waals surface area contributed by atoms with Crippen LogP contribution < -0.4 is 29.1 Å². The molecule has 0 N–H and O–H groups in total. The minimum Gasteiger partial charge on any atom is -0.494 e. The number of hydrogen-bond donors (Lipinski definition) is 0. The quantitative estimate of drug-likeness (QED) is 0.147. The van der Waals surface area contributed by atoms with Crippen molar-refractivity contribution in [2.75, 3.05) is 20.3 Å². The summed E-state index contributed by atoms with van der Waals surface area (Å²) in [5, 5.41) is 0. The van der Waals surface area contributed by atoms with Gasteiger partial charge in [-0.1, -0.05) is 55.5 Å². The van der Waals surface area contributed by atoms with E-state index in [1.54, 1.807) is 31.2 Å². The van der Waals surface area contributed by atoms with Gasteiger partial charge in [-0.3, -0.25) is 14.2 Å². The molecule has 4 rings (SSSR count). The summed E-state index contributed by atoms with van der Waals surface area (Å²) in [5.41, 5.74) is 1.70. The Kier molecular flexibility index (Phi) is 9.57. The molecule has 1 aliphatic heterocycles. The lowest BCUT2D eigenvalue weighted by atomic mass is 9.95. The van der Waals surface area contributed by atoms with Crippen LogP contribution in [0.25, 0.3) is 6.08 Å². The number of fused-ring (bicyclic) bond motifs is 1. The largest absolute Gasteiger partial charge is 0.494 e. The maximum atomic E-state index is 13.9. The number of nitrogens with zero attached hydrogens (tertiary/aromatic N) is 2. The zero-order valence-electron chi connectivity index (χ0n) is 23.5. The smallest absolute Gasteiger partial charge is 0.338 e. The van der Waals surface area contributed by atoms with E-state index in [0.29, 0.717) is 27.2 Å². The maximum absolute atomic E-state index is 13.9. The van der Waals surface area contributed by atoms with E-state index in [1.807, 2.05) is 24.3 Å². The van der Waals surface area contributed by atoms with E-state index in [4.69, 9.17) is 18.9 Å². The lowest BCUT2D eigenvalue weighted by molar-refractivity contribution is -0.138. The third-order valence-electron chi connectivity index (χ3n) is 6.28. The molecule has 1 atom stereocenters. The summed E-state index contributed by atoms with van der Waals surface area (Å²) in [5.74, 6) is 0.131. The Bertz CT molecular complexity index is 1670. The second-order valence-electron chi connectivity index (χ2n) is 9.24. The first-order valence-electron chi connectivity index (χ1n) is 13.2. The molecule has 1 aliphatic rings. The SMILES string of the molecule is C=CCOC(=O)C1=C(C)N=c2s/c(=C\c3ccc(OCCCC)cc3)c(=O)n2C1c1ccc(OC(C)=O)c(OC)c1. The number of benzene rings is 2. The molecule has 0 bridgehead atoms. The van der Waals surface area contributed by atoms with Crippen molar-refractivity contribution in [3.8, 4) is 17.2 Å². The first kappa shape index (κ1) is 29.5. The molecule has 9 nitrogen and oxygen atoms in total. The van der Waals surface area contributed by atoms with E-state index in [0.717, 1.165) is 24.2 Å². The van der Waals surface area contributed by atoms with Crippen LogP contribution in [-0.4, -0.2) is 36.8 Å². The molecule has 1 aromatic heterocycles. The fraction of sp³-hybridized carbons (Fsp3) is 0.290. The Morgan fingerprint density at radius 2 is 1.90 bits per heavy atom. The number of esters is 2. The van der Waals surface area contributed by atoms with Gasteiger partial charge in [0.05, 0.1) is 35.6 Å². The number of carbonyl (C=O) groups is 2. The number of thiazole rings is 1. The Hall–Kier alpha value is -4.44. The van der Waals surface area contributed by atoms with Crippen molar-refractivity contribution in [3.63, 3.8) is 0 Å². The molecule has 0 saturated carbocycles. The molecule has 1 unspecified atom stereocenters. The van der Waals surface area contributed by atoms with Gasteiger partial charge in [-0.25, -0.2) is 9.79 Å². The number of aromatic nitrogens is 1. The lowest BCUT2D eigenvalue weighted by Crippen LogP contribution is -2.40. The van der Waals surface area contributed by atoms with Gasteiger partial charge in [0, 0.05) is 6.92 Å². The predicted octanol–water partition coefficient (Wildman–Crippen LogP) is 4.08. The number of unbranched alkanes of at least 4 members (excludes halogenated alkanes) is 1. The second kappa shape index (κ2) is 13.3. The Labute approximate surface area is 241 Å². The monoisotopic (exact) mass is 576 g/mol. The molecular weight excluding hydrogens is 544 g/mol. The van der Waals surface area contributed by atoms with Gasteiger partial charge in [0.2, 0.25) is 0 Å². The van der Waals surface area contributed by atoms with Crippen LogP contribution in [0.4, 0.5) is 0 Å². The molecule has 3 aromatic rings. The number of carbonyl (C=O) groups excluding carboxylic acids is 2. The summed E-state index contributed by atoms with van der Waals surface area (Å²) in [4.78, 5) is 43.7. The molecule has 2 heterocycles. The predicted molar refractivity (Wildman–Crippen MR) is 156 cm³/mol. The van der Waals surface area contributed by atoms with Gasteiger partial charge < -0.3 is 18.9 Å². The van der Waals surface area contributed by atoms with Crippen LogP contribution in [0, 0.1) is 0 Å². The third kappa shape index (κ3) is 6.66. The van der Waals surface area contributed by atoms with Crippen molar-refractivity contribution >= 4 is 29.4 Å². The molecule has 214 valence electrons. The van der Waals surface area contributed by atoms with Crippen molar-refractivity contribution in [1.82, 2.24) is 4.57 Å². The van der Waals surface area contributed by atoms with E-state index in [9.17, 15) is 14.4 Å². The highest BCUT2D eigenvalue weighted by Crippen LogP contribution is 2.36. The summed E-state index contributed by atoms with van der Waals surface area (Å²) >= 11 is 1.23. The molecule has 0 amide bonds. The summed E-state index contributed by atoms with van der Waals surface area (Å²) in [7, 11) is 1.44. The van der Waals surface area contributed by atoms with Gasteiger partial charge in [0.15, 0.2) is 16.3 Å². The van der Waals surface area contributed by atoms with E-state index in [1.165, 1.54) is 36.0 Å². The fourth-order valence-electron chi connectivity index (χ4n) is 4.35. The van der Waals surface area contributed by atoms with Crippen LogP contribution in [0.15, 0.2) is 76.2 Å². The van der Waals surface area contributed by atoms with Crippen LogP contribution in [0.2, 0.25) is 0 Å². The van der Waals surface area contributed by atoms with E-state index >= 15 is 0 Å². The first-order chi connectivity index (χ1) is 19.8. The minimum atomic E-state index is -0.861. The number of ether oxygens (including phenoxy) is 4. The highest BCUT2D eigenvalue weighted by molar-refractivity contribution is 7.07. The van der Waals surface area contributed by atoms with Gasteiger partial charge in [-0.15, -0.1) is 0 Å². The van der Waals surface area contributed by atoms with Crippen molar-refractivity contribution in [1.29, 1.82) is 0 Å². The molecule has 2 aromatic carbocycles. The highest BCUT2D eigenvalue weighted by Gasteiger charge is 2.34. The van der Waals surface area contributed by atoms with Crippen LogP contribution in [0.5, 0.6) is 17.2 Å². The van der Waals surface area contributed by atoms with Gasteiger partial charge >= 0.3 is 11.9 Å². The summed E-state index contributed by atoms with van der Waals surface area (Å²) in [6.07, 6.45) is 5.28. The van der Waals surface area contributed by atoms with Gasteiger partial charge in [-0.2, -0.15) is 0 Å². The first-order valence-corrected chi connectivity index (χ1v) is 14.0. The van der Waals surface area contributed by atoms with E-state index in [-0.39, 0.29) is 29.2 Å². The standard InChI is InChI=1S/C31H32N2O7S/c1-6-8-16-38-23-12-9-21(10-13-23)17-26-29(35)33-28(22-11-14-24(40-20(4)34)25(18-22)37-5)27(30(36)39-15-7-2)19(3)32-31(33)41-26/h7,9-14,17-18,28H,2,6,8,15-16H2,1,3-5H3/b26-17-. The van der Waals surface area contributed by atoms with Crippen molar-refractivity contribution in [2.24, 2.45) is 4.99 Å². The normalized spacial score (nSPS) is 14.6. The molecule has 10 heteroatoms. The average Bonchev–Trinajstić information content (AvgIpc) is 3.25. The van der Waals surface area contributed by atoms with E-state index in [2.05, 4.69) is 18.5 Å². The topological polar surface area (TPSA) is 105 Å². The second-order valence-corrected chi connectivity index (χ2v) is 10.3. The molecule has 0 fully saturated rings. The summed E-state index contributed by atoms with van der Waals surface area (Å²) in [6.45, 7) is 9.36. The zero-order chi connectivity index (χ0) is 29.5. The summed E-state index contributed by atoms with van der Waals surface area (Å²) < 4.78 is 23.8. The molecule has 0 saturated heterocycles. The number of rotatable bonds is 11. The lowest BCUT2D eigenvalue weighted by Gasteiger charge is -2.25. The number of methoxy groups -OCH3 is 1. The van der Waals surface area contributed by atoms with Crippen LogP contribution in [0.1, 0.15) is 50.8 Å². The van der Waals surface area contributed by atoms with Crippen LogP contribution >= 0.6 is 11.3 Å². The van der Waals surface area contributed by atoms with Gasteiger partial charge in [-0.05, 0) is 54.8 Å². The maximum Gasteiger partial charge on any atom is 0.338 e. The highest BCUT2D eigenvalue weighted by atomic mass is 32.1. The summed E-state index contributed by atoms with van der Waals surface area (Å²) in [6, 6.07) is 11.5. The van der Waals surface area contributed by atoms with Crippen molar-refractivity contribution in [2.45, 2.75) is 39.7 Å². The van der Waals surface area contributed by atoms with Gasteiger partial charge in [0.25, 0.3) is 5.56 Å². The van der Waals surface area contributed by atoms with Crippen LogP contribution in [0.3, 0.4) is 0 Å². The van der Waals surface area contributed by atoms with Crippen molar-refractivity contribution in [3.05, 3.63) is 97.2 Å². The molecule has 0 spiro atoms. The van der Waals surface area contributed by atoms with E-state index < -0.39 is 18.0 Å². The Balaban J connectivity index is 1.83. The van der Waals surface area contributed by atoms with Crippen molar-refractivity contribution < 1.29 is 28.5 Å². The fourth-order valence-corrected chi connectivity index (χ4v) is 5.40. The number of allylic oxidation sites excluding steroid dienone is 1. The minimum absolute atomic E-state index is 0.000378. The molecule has 0 radical (unpaired) electrons. The third-order valence-corrected chi connectivity index (χ3v) is 7.26. The number of hydrogen-bond acceptors (Lipinski definition) is 9. The Morgan fingerprint density at radius 3 is 2.56 bits per heavy atom. The Morgan fingerprint density at radius 1 is 1.15 bits per heavy atom. The molecular formula is C31H32N2O7S. The average molecular weight is 577 g/mol. The molecule has 0 aliphatic carbocycles. The van der Waals surface area contributed by atoms with Crippen LogP contribution in [-0.2, 0) is 14.3 Å².